The highest BCUT2D eigenvalue weighted by Gasteiger charge is 2.17. The lowest BCUT2D eigenvalue weighted by Crippen LogP contribution is -2.13. The van der Waals surface area contributed by atoms with Crippen molar-refractivity contribution in [3.8, 4) is 11.3 Å². The van der Waals surface area contributed by atoms with Gasteiger partial charge in [-0.25, -0.2) is 0 Å². The lowest BCUT2D eigenvalue weighted by molar-refractivity contribution is 0.101. The number of carbonyl (C=O) groups is 1. The highest BCUT2D eigenvalue weighted by Crippen LogP contribution is 2.31. The number of hydrogen-bond donors (Lipinski definition) is 1. The molecule has 0 saturated carbocycles. The van der Waals surface area contributed by atoms with Crippen molar-refractivity contribution >= 4 is 58.1 Å². The third kappa shape index (κ3) is 4.88. The second-order valence-electron chi connectivity index (χ2n) is 6.72. The fourth-order valence-electron chi connectivity index (χ4n) is 2.92. The van der Waals surface area contributed by atoms with Gasteiger partial charge in [-0.2, -0.15) is 5.10 Å². The molecule has 2 aromatic carbocycles. The molecule has 4 aromatic rings. The number of benzene rings is 2. The second-order valence-corrected chi connectivity index (χ2v) is 8.41. The van der Waals surface area contributed by atoms with E-state index in [1.165, 1.54) is 6.07 Å². The Balaban J connectivity index is 1.49. The average molecular weight is 496 g/mol. The number of anilines is 1. The van der Waals surface area contributed by atoms with Crippen molar-refractivity contribution in [3.63, 3.8) is 0 Å². The van der Waals surface area contributed by atoms with Crippen LogP contribution in [0, 0.1) is 6.92 Å². The number of aryl methyl sites for hydroxylation is 1. The van der Waals surface area contributed by atoms with Gasteiger partial charge in [0.1, 0.15) is 0 Å². The average Bonchev–Trinajstić information content (AvgIpc) is 3.31. The van der Waals surface area contributed by atoms with Crippen LogP contribution in [-0.2, 0) is 6.54 Å². The van der Waals surface area contributed by atoms with E-state index < -0.39 is 5.91 Å². The van der Waals surface area contributed by atoms with Gasteiger partial charge in [0.15, 0.2) is 17.3 Å². The molecule has 0 bridgehead atoms. The number of rotatable bonds is 5. The van der Waals surface area contributed by atoms with Gasteiger partial charge in [0, 0.05) is 38.5 Å². The monoisotopic (exact) mass is 494 g/mol. The highest BCUT2D eigenvalue weighted by atomic mass is 35.5. The number of nitrogens with zero attached hydrogens (tertiary/aromatic N) is 3. The summed E-state index contributed by atoms with van der Waals surface area (Å²) in [6, 6.07) is 13.5. The molecule has 0 fully saturated rings. The van der Waals surface area contributed by atoms with Crippen molar-refractivity contribution in [2.75, 3.05) is 5.32 Å². The van der Waals surface area contributed by atoms with Gasteiger partial charge in [-0.15, -0.1) is 0 Å². The molecule has 0 spiro atoms. The Hall–Kier alpha value is -2.51. The molecule has 0 aliphatic heterocycles. The van der Waals surface area contributed by atoms with Crippen molar-refractivity contribution in [3.05, 3.63) is 85.6 Å². The van der Waals surface area contributed by atoms with Crippen molar-refractivity contribution in [2.24, 2.45) is 0 Å². The summed E-state index contributed by atoms with van der Waals surface area (Å²) in [7, 11) is 0. The lowest BCUT2D eigenvalue weighted by Gasteiger charge is -2.07. The minimum absolute atomic E-state index is 0.0916. The fourth-order valence-corrected chi connectivity index (χ4v) is 3.89. The molecule has 0 aliphatic rings. The first-order valence-electron chi connectivity index (χ1n) is 9.02. The highest BCUT2D eigenvalue weighted by molar-refractivity contribution is 6.36. The van der Waals surface area contributed by atoms with Crippen molar-refractivity contribution in [1.82, 2.24) is 14.9 Å². The molecule has 0 atom stereocenters. The molecular formula is C21H14Cl4N4O2. The van der Waals surface area contributed by atoms with Crippen LogP contribution >= 0.6 is 46.4 Å². The Morgan fingerprint density at radius 2 is 1.71 bits per heavy atom. The summed E-state index contributed by atoms with van der Waals surface area (Å²) in [5.74, 6) is 0.266. The van der Waals surface area contributed by atoms with E-state index in [4.69, 9.17) is 50.9 Å². The van der Waals surface area contributed by atoms with Gasteiger partial charge in [-0.1, -0.05) is 57.6 Å². The van der Waals surface area contributed by atoms with E-state index in [9.17, 15) is 4.79 Å². The predicted molar refractivity (Wildman–Crippen MR) is 122 cm³/mol. The van der Waals surface area contributed by atoms with E-state index in [0.29, 0.717) is 43.8 Å². The van der Waals surface area contributed by atoms with Crippen LogP contribution in [0.4, 0.5) is 5.82 Å². The zero-order valence-corrected chi connectivity index (χ0v) is 19.0. The molecule has 0 radical (unpaired) electrons. The van der Waals surface area contributed by atoms with Gasteiger partial charge in [0.2, 0.25) is 0 Å². The normalized spacial score (nSPS) is 11.0. The molecule has 31 heavy (non-hydrogen) atoms. The summed E-state index contributed by atoms with van der Waals surface area (Å²) in [6.07, 6.45) is 0. The molecule has 2 heterocycles. The van der Waals surface area contributed by atoms with E-state index in [2.05, 4.69) is 15.6 Å². The van der Waals surface area contributed by atoms with Gasteiger partial charge in [0.25, 0.3) is 5.91 Å². The Bertz CT molecular complexity index is 1280. The second kappa shape index (κ2) is 8.93. The van der Waals surface area contributed by atoms with Crippen LogP contribution in [-0.4, -0.2) is 20.8 Å². The first-order chi connectivity index (χ1) is 14.8. The molecule has 0 saturated heterocycles. The topological polar surface area (TPSA) is 73.0 Å². The maximum atomic E-state index is 12.6. The van der Waals surface area contributed by atoms with Crippen LogP contribution in [0.3, 0.4) is 0 Å². The minimum Gasteiger partial charge on any atom is -0.355 e. The quantitative estimate of drug-likeness (QED) is 0.332. The Morgan fingerprint density at radius 1 is 1.00 bits per heavy atom. The summed E-state index contributed by atoms with van der Waals surface area (Å²) in [6.45, 7) is 2.31. The third-order valence-corrected chi connectivity index (χ3v) is 5.63. The number of amides is 1. The molecule has 1 N–H and O–H groups in total. The van der Waals surface area contributed by atoms with Crippen molar-refractivity contribution in [1.29, 1.82) is 0 Å². The number of carbonyl (C=O) groups excluding carboxylic acids is 1. The molecule has 0 unspecified atom stereocenters. The van der Waals surface area contributed by atoms with Crippen LogP contribution in [0.1, 0.15) is 21.7 Å². The standard InChI is InChI=1S/C21H14Cl4N4O2/c1-11-6-20(27-29(11)10-12-2-3-13(22)7-16(12)24)26-21(30)18-9-19(31-28-18)15-5-4-14(23)8-17(15)25/h2-9H,10H2,1H3,(H,26,27,30). The lowest BCUT2D eigenvalue weighted by atomic mass is 10.1. The summed E-state index contributed by atoms with van der Waals surface area (Å²) in [5, 5.41) is 13.0. The smallest absolute Gasteiger partial charge is 0.279 e. The summed E-state index contributed by atoms with van der Waals surface area (Å²) in [5.41, 5.74) is 2.37. The van der Waals surface area contributed by atoms with Gasteiger partial charge in [0.05, 0.1) is 11.6 Å². The molecule has 2 aromatic heterocycles. The number of halogens is 4. The number of hydrogen-bond acceptors (Lipinski definition) is 4. The molecule has 6 nitrogen and oxygen atoms in total. The van der Waals surface area contributed by atoms with E-state index in [1.54, 1.807) is 41.1 Å². The molecular weight excluding hydrogens is 482 g/mol. The van der Waals surface area contributed by atoms with Crippen LogP contribution < -0.4 is 5.32 Å². The maximum Gasteiger partial charge on any atom is 0.279 e. The first kappa shape index (κ1) is 21.7. The largest absolute Gasteiger partial charge is 0.355 e. The number of nitrogens with one attached hydrogen (secondary N) is 1. The van der Waals surface area contributed by atoms with Crippen LogP contribution in [0.25, 0.3) is 11.3 Å². The van der Waals surface area contributed by atoms with Crippen molar-refractivity contribution in [2.45, 2.75) is 13.5 Å². The van der Waals surface area contributed by atoms with Crippen LogP contribution in [0.2, 0.25) is 20.1 Å². The zero-order valence-electron chi connectivity index (χ0n) is 16.0. The van der Waals surface area contributed by atoms with E-state index in [1.807, 2.05) is 13.0 Å². The van der Waals surface area contributed by atoms with E-state index in [0.717, 1.165) is 11.3 Å². The Labute approximate surface area is 197 Å². The molecule has 158 valence electrons. The maximum absolute atomic E-state index is 12.6. The van der Waals surface area contributed by atoms with Gasteiger partial charge >= 0.3 is 0 Å². The first-order valence-corrected chi connectivity index (χ1v) is 10.5. The summed E-state index contributed by atoms with van der Waals surface area (Å²) in [4.78, 5) is 12.6. The minimum atomic E-state index is -0.464. The Kier molecular flexibility index (Phi) is 6.25. The fraction of sp³-hybridized carbons (Fsp3) is 0.0952. The molecule has 4 rings (SSSR count). The van der Waals surface area contributed by atoms with Gasteiger partial charge in [-0.05, 0) is 42.8 Å². The molecule has 1 amide bonds. The predicted octanol–water partition coefficient (Wildman–Crippen LogP) is 6.76. The Morgan fingerprint density at radius 3 is 2.42 bits per heavy atom. The SMILES string of the molecule is Cc1cc(NC(=O)c2cc(-c3ccc(Cl)cc3Cl)on2)nn1Cc1ccc(Cl)cc1Cl. The van der Waals surface area contributed by atoms with Crippen LogP contribution in [0.5, 0.6) is 0 Å². The van der Waals surface area contributed by atoms with Gasteiger partial charge < -0.3 is 9.84 Å². The molecule has 10 heteroatoms. The van der Waals surface area contributed by atoms with Gasteiger partial charge in [-0.3, -0.25) is 9.48 Å². The number of aromatic nitrogens is 3. The summed E-state index contributed by atoms with van der Waals surface area (Å²) < 4.78 is 7.00. The van der Waals surface area contributed by atoms with Crippen LogP contribution in [0.15, 0.2) is 53.1 Å². The summed E-state index contributed by atoms with van der Waals surface area (Å²) >= 11 is 24.3. The zero-order chi connectivity index (χ0) is 22.1. The van der Waals surface area contributed by atoms with Crippen molar-refractivity contribution < 1.29 is 9.32 Å². The third-order valence-electron chi connectivity index (χ3n) is 4.50. The molecule has 0 aliphatic carbocycles. The van der Waals surface area contributed by atoms with E-state index in [-0.39, 0.29) is 5.69 Å². The van der Waals surface area contributed by atoms with E-state index >= 15 is 0 Å².